The van der Waals surface area contributed by atoms with Crippen LogP contribution in [0.4, 0.5) is 5.69 Å². The van der Waals surface area contributed by atoms with Crippen LogP contribution in [0.15, 0.2) is 30.3 Å². The quantitative estimate of drug-likeness (QED) is 0.622. The number of hydrogen-bond acceptors (Lipinski definition) is 4. The van der Waals surface area contributed by atoms with Gasteiger partial charge >= 0.3 is 5.97 Å². The SMILES string of the molecule is Nc1cccc(/C=C/C(=O)N2CCOC(C(=O)O)C2)c1. The van der Waals surface area contributed by atoms with Gasteiger partial charge in [0.15, 0.2) is 6.10 Å². The number of nitrogen functional groups attached to an aromatic ring is 1. The number of anilines is 1. The number of ether oxygens (including phenoxy) is 1. The van der Waals surface area contributed by atoms with Gasteiger partial charge in [0.2, 0.25) is 5.91 Å². The zero-order valence-corrected chi connectivity index (χ0v) is 10.9. The normalized spacial score (nSPS) is 19.2. The van der Waals surface area contributed by atoms with E-state index in [1.807, 2.05) is 6.07 Å². The molecule has 0 spiro atoms. The molecule has 0 aliphatic carbocycles. The van der Waals surface area contributed by atoms with Gasteiger partial charge in [-0.1, -0.05) is 12.1 Å². The van der Waals surface area contributed by atoms with E-state index in [9.17, 15) is 9.59 Å². The molecule has 0 saturated carbocycles. The van der Waals surface area contributed by atoms with Crippen LogP contribution in [0.25, 0.3) is 6.08 Å². The molecular formula is C14H16N2O4. The molecule has 2 rings (SSSR count). The van der Waals surface area contributed by atoms with Crippen LogP contribution in [0.5, 0.6) is 0 Å². The lowest BCUT2D eigenvalue weighted by Crippen LogP contribution is -2.48. The number of aliphatic carboxylic acids is 1. The Kier molecular flexibility index (Phi) is 4.37. The number of amides is 1. The van der Waals surface area contributed by atoms with Gasteiger partial charge in [-0.05, 0) is 23.8 Å². The smallest absolute Gasteiger partial charge is 0.334 e. The van der Waals surface area contributed by atoms with Gasteiger partial charge in [0.1, 0.15) is 0 Å². The lowest BCUT2D eigenvalue weighted by atomic mass is 10.2. The van der Waals surface area contributed by atoms with Crippen LogP contribution in [0, 0.1) is 0 Å². The Morgan fingerprint density at radius 1 is 1.45 bits per heavy atom. The number of benzene rings is 1. The number of carboxylic acid groups (broad SMARTS) is 1. The van der Waals surface area contributed by atoms with E-state index in [1.54, 1.807) is 24.3 Å². The van der Waals surface area contributed by atoms with Crippen LogP contribution in [-0.2, 0) is 14.3 Å². The molecule has 0 radical (unpaired) electrons. The first-order valence-electron chi connectivity index (χ1n) is 6.23. The maximum atomic E-state index is 12.0. The summed E-state index contributed by atoms with van der Waals surface area (Å²) in [4.78, 5) is 24.3. The Morgan fingerprint density at radius 3 is 2.95 bits per heavy atom. The number of morpholine rings is 1. The molecule has 6 heteroatoms. The van der Waals surface area contributed by atoms with Crippen molar-refractivity contribution < 1.29 is 19.4 Å². The lowest BCUT2D eigenvalue weighted by Gasteiger charge is -2.30. The average molecular weight is 276 g/mol. The van der Waals surface area contributed by atoms with Gasteiger partial charge in [-0.2, -0.15) is 0 Å². The Bertz CT molecular complexity index is 542. The molecule has 1 unspecified atom stereocenters. The number of rotatable bonds is 3. The van der Waals surface area contributed by atoms with Gasteiger partial charge in [0, 0.05) is 18.3 Å². The molecule has 6 nitrogen and oxygen atoms in total. The molecule has 1 aromatic rings. The van der Waals surface area contributed by atoms with E-state index >= 15 is 0 Å². The van der Waals surface area contributed by atoms with E-state index in [-0.39, 0.29) is 19.1 Å². The second-order valence-electron chi connectivity index (χ2n) is 4.49. The van der Waals surface area contributed by atoms with E-state index in [2.05, 4.69) is 0 Å². The maximum absolute atomic E-state index is 12.0. The van der Waals surface area contributed by atoms with Gasteiger partial charge in [-0.15, -0.1) is 0 Å². The summed E-state index contributed by atoms with van der Waals surface area (Å²) >= 11 is 0. The molecule has 1 saturated heterocycles. The number of carbonyl (C=O) groups excluding carboxylic acids is 1. The van der Waals surface area contributed by atoms with Gasteiger partial charge in [0.05, 0.1) is 13.2 Å². The lowest BCUT2D eigenvalue weighted by molar-refractivity contribution is -0.158. The standard InChI is InChI=1S/C14H16N2O4/c15-11-3-1-2-10(8-11)4-5-13(17)16-6-7-20-12(9-16)14(18)19/h1-5,8,12H,6-7,9,15H2,(H,18,19)/b5-4+. The number of carboxylic acids is 1. The van der Waals surface area contributed by atoms with Crippen LogP contribution in [0.2, 0.25) is 0 Å². The molecule has 106 valence electrons. The first-order valence-corrected chi connectivity index (χ1v) is 6.23. The van der Waals surface area contributed by atoms with Crippen molar-refractivity contribution in [1.29, 1.82) is 0 Å². The van der Waals surface area contributed by atoms with Crippen molar-refractivity contribution in [2.24, 2.45) is 0 Å². The predicted molar refractivity (Wildman–Crippen MR) is 73.8 cm³/mol. The zero-order valence-electron chi connectivity index (χ0n) is 10.9. The molecule has 1 atom stereocenters. The van der Waals surface area contributed by atoms with E-state index in [1.165, 1.54) is 11.0 Å². The molecule has 3 N–H and O–H groups in total. The number of carbonyl (C=O) groups is 2. The minimum Gasteiger partial charge on any atom is -0.479 e. The van der Waals surface area contributed by atoms with Crippen molar-refractivity contribution >= 4 is 23.6 Å². The highest BCUT2D eigenvalue weighted by molar-refractivity contribution is 5.92. The Morgan fingerprint density at radius 2 is 2.25 bits per heavy atom. The molecular weight excluding hydrogens is 260 g/mol. The summed E-state index contributed by atoms with van der Waals surface area (Å²) in [5.41, 5.74) is 7.09. The fraction of sp³-hybridized carbons (Fsp3) is 0.286. The molecule has 1 fully saturated rings. The second-order valence-corrected chi connectivity index (χ2v) is 4.49. The summed E-state index contributed by atoms with van der Waals surface area (Å²) in [5.74, 6) is -1.29. The predicted octanol–water partition coefficient (Wildman–Crippen LogP) is 0.594. The Balaban J connectivity index is 1.99. The van der Waals surface area contributed by atoms with E-state index in [0.717, 1.165) is 5.56 Å². The number of nitrogens with zero attached hydrogens (tertiary/aromatic N) is 1. The van der Waals surface area contributed by atoms with Crippen LogP contribution >= 0.6 is 0 Å². The summed E-state index contributed by atoms with van der Waals surface area (Å²) in [6.45, 7) is 0.689. The first-order chi connectivity index (χ1) is 9.56. The van der Waals surface area contributed by atoms with Crippen molar-refractivity contribution in [2.75, 3.05) is 25.4 Å². The van der Waals surface area contributed by atoms with Crippen molar-refractivity contribution in [1.82, 2.24) is 4.90 Å². The minimum atomic E-state index is -1.05. The molecule has 1 aliphatic heterocycles. The maximum Gasteiger partial charge on any atom is 0.334 e. The number of nitrogens with two attached hydrogens (primary N) is 1. The van der Waals surface area contributed by atoms with E-state index in [4.69, 9.17) is 15.6 Å². The monoisotopic (exact) mass is 276 g/mol. The van der Waals surface area contributed by atoms with Crippen molar-refractivity contribution in [2.45, 2.75) is 6.10 Å². The van der Waals surface area contributed by atoms with Crippen LogP contribution in [-0.4, -0.2) is 47.7 Å². The summed E-state index contributed by atoms with van der Waals surface area (Å²) in [6.07, 6.45) is 2.12. The third kappa shape index (κ3) is 3.58. The van der Waals surface area contributed by atoms with Crippen molar-refractivity contribution in [3.05, 3.63) is 35.9 Å². The summed E-state index contributed by atoms with van der Waals surface area (Å²) in [5, 5.41) is 8.88. The van der Waals surface area contributed by atoms with Crippen LogP contribution in [0.3, 0.4) is 0 Å². The Labute approximate surface area is 116 Å². The molecule has 1 amide bonds. The minimum absolute atomic E-state index is 0.0649. The third-order valence-corrected chi connectivity index (χ3v) is 2.98. The topological polar surface area (TPSA) is 92.9 Å². The third-order valence-electron chi connectivity index (χ3n) is 2.98. The fourth-order valence-electron chi connectivity index (χ4n) is 1.93. The zero-order chi connectivity index (χ0) is 14.5. The molecule has 1 aromatic carbocycles. The summed E-state index contributed by atoms with van der Waals surface area (Å²) in [6, 6.07) is 7.15. The first kappa shape index (κ1) is 14.1. The fourth-order valence-corrected chi connectivity index (χ4v) is 1.93. The second kappa shape index (κ2) is 6.21. The van der Waals surface area contributed by atoms with Gasteiger partial charge < -0.3 is 20.5 Å². The molecule has 0 aromatic heterocycles. The van der Waals surface area contributed by atoms with Gasteiger partial charge in [-0.3, -0.25) is 4.79 Å². The summed E-state index contributed by atoms with van der Waals surface area (Å²) in [7, 11) is 0. The molecule has 1 heterocycles. The van der Waals surface area contributed by atoms with E-state index in [0.29, 0.717) is 12.2 Å². The van der Waals surface area contributed by atoms with Crippen LogP contribution < -0.4 is 5.73 Å². The molecule has 1 aliphatic rings. The summed E-state index contributed by atoms with van der Waals surface area (Å²) < 4.78 is 5.06. The van der Waals surface area contributed by atoms with Crippen LogP contribution in [0.1, 0.15) is 5.56 Å². The van der Waals surface area contributed by atoms with Gasteiger partial charge in [0.25, 0.3) is 0 Å². The van der Waals surface area contributed by atoms with Crippen molar-refractivity contribution in [3.63, 3.8) is 0 Å². The molecule has 20 heavy (non-hydrogen) atoms. The van der Waals surface area contributed by atoms with Gasteiger partial charge in [-0.25, -0.2) is 4.79 Å². The van der Waals surface area contributed by atoms with E-state index < -0.39 is 12.1 Å². The number of hydrogen-bond donors (Lipinski definition) is 2. The average Bonchev–Trinajstić information content (AvgIpc) is 2.45. The highest BCUT2D eigenvalue weighted by Gasteiger charge is 2.27. The highest BCUT2D eigenvalue weighted by atomic mass is 16.5. The van der Waals surface area contributed by atoms with Crippen molar-refractivity contribution in [3.8, 4) is 0 Å². The Hall–Kier alpha value is -2.34. The largest absolute Gasteiger partial charge is 0.479 e. The highest BCUT2D eigenvalue weighted by Crippen LogP contribution is 2.10. The molecule has 0 bridgehead atoms.